The molecule has 3 nitrogen and oxygen atoms in total. The van der Waals surface area contributed by atoms with E-state index in [0.29, 0.717) is 5.70 Å². The van der Waals surface area contributed by atoms with Crippen LogP contribution in [0.15, 0.2) is 9.78 Å². The van der Waals surface area contributed by atoms with Crippen LogP contribution in [0.2, 0.25) is 0 Å². The summed E-state index contributed by atoms with van der Waals surface area (Å²) in [5.41, 5.74) is 0.0868. The Balaban J connectivity index is 3.01. The zero-order valence-corrected chi connectivity index (χ0v) is 8.18. The lowest BCUT2D eigenvalue weighted by Crippen LogP contribution is -2.15. The van der Waals surface area contributed by atoms with Gasteiger partial charge in [0.05, 0.1) is 12.5 Å². The van der Waals surface area contributed by atoms with Crippen molar-refractivity contribution >= 4 is 28.5 Å². The van der Waals surface area contributed by atoms with Gasteiger partial charge in [-0.1, -0.05) is 22.6 Å². The van der Waals surface area contributed by atoms with Crippen molar-refractivity contribution in [2.24, 2.45) is 5.41 Å². The maximum absolute atomic E-state index is 10.9. The summed E-state index contributed by atoms with van der Waals surface area (Å²) in [5, 5.41) is 11.4. The minimum atomic E-state index is -0.627. The predicted molar refractivity (Wildman–Crippen MR) is 48.6 cm³/mol. The van der Waals surface area contributed by atoms with Gasteiger partial charge in [-0.3, -0.25) is 4.79 Å². The molecule has 1 aliphatic rings. The first-order chi connectivity index (χ1) is 5.12. The molecule has 1 unspecified atom stereocenters. The van der Waals surface area contributed by atoms with Gasteiger partial charge in [0, 0.05) is 5.70 Å². The lowest BCUT2D eigenvalue weighted by atomic mass is 9.89. The van der Waals surface area contributed by atoms with Crippen LogP contribution in [0.3, 0.4) is 0 Å². The molecule has 0 saturated carbocycles. The first-order valence-corrected chi connectivity index (χ1v) is 4.39. The second kappa shape index (κ2) is 2.81. The van der Waals surface area contributed by atoms with E-state index in [1.54, 1.807) is 11.0 Å². The molecule has 58 valence electrons. The van der Waals surface area contributed by atoms with E-state index in [4.69, 9.17) is 5.26 Å². The largest absolute Gasteiger partial charge is 0.328 e. The van der Waals surface area contributed by atoms with Crippen LogP contribution in [0.4, 0.5) is 0 Å². The van der Waals surface area contributed by atoms with Gasteiger partial charge >= 0.3 is 0 Å². The van der Waals surface area contributed by atoms with E-state index >= 15 is 0 Å². The molecule has 1 rings (SSSR count). The Labute approximate surface area is 78.6 Å². The summed E-state index contributed by atoms with van der Waals surface area (Å²) in [6.45, 7) is 1.76. The molecule has 4 heteroatoms. The van der Waals surface area contributed by atoms with E-state index in [9.17, 15) is 4.79 Å². The normalized spacial score (nSPS) is 33.5. The molecule has 0 aromatic carbocycles. The number of halogens is 1. The summed E-state index contributed by atoms with van der Waals surface area (Å²) in [4.78, 5) is 10.9. The highest BCUT2D eigenvalue weighted by Crippen LogP contribution is 2.34. The zero-order chi connectivity index (χ0) is 8.48. The third kappa shape index (κ3) is 1.38. The Bertz CT molecular complexity index is 266. The highest BCUT2D eigenvalue weighted by molar-refractivity contribution is 14.1. The molecule has 1 amide bonds. The summed E-state index contributed by atoms with van der Waals surface area (Å²) >= 11 is 2.02. The maximum Gasteiger partial charge on any atom is 0.226 e. The fraction of sp³-hybridized carbons (Fsp3) is 0.429. The number of allylic oxidation sites excluding steroid dienone is 1. The summed E-state index contributed by atoms with van der Waals surface area (Å²) in [5.74, 6) is -0.0723. The second-order valence-corrected chi connectivity index (χ2v) is 3.31. The van der Waals surface area contributed by atoms with Crippen molar-refractivity contribution in [3.8, 4) is 6.07 Å². The van der Waals surface area contributed by atoms with Crippen LogP contribution in [0.25, 0.3) is 0 Å². The number of nitrogens with zero attached hydrogens (tertiary/aromatic N) is 1. The van der Waals surface area contributed by atoms with Gasteiger partial charge in [0.15, 0.2) is 0 Å². The smallest absolute Gasteiger partial charge is 0.226 e. The number of hydrogen-bond acceptors (Lipinski definition) is 2. The van der Waals surface area contributed by atoms with Gasteiger partial charge in [0.25, 0.3) is 0 Å². The van der Waals surface area contributed by atoms with Crippen molar-refractivity contribution in [2.75, 3.05) is 0 Å². The Morgan fingerprint density at radius 3 is 2.91 bits per heavy atom. The van der Waals surface area contributed by atoms with Crippen LogP contribution in [0.1, 0.15) is 13.3 Å². The van der Waals surface area contributed by atoms with Crippen molar-refractivity contribution in [1.29, 1.82) is 5.26 Å². The lowest BCUT2D eigenvalue weighted by molar-refractivity contribution is -0.119. The molecule has 0 aromatic rings. The Kier molecular flexibility index (Phi) is 2.18. The SMILES string of the molecule is CC1(C#N)CC(=O)N/C1=C\I. The van der Waals surface area contributed by atoms with Gasteiger partial charge < -0.3 is 5.32 Å². The van der Waals surface area contributed by atoms with Gasteiger partial charge in [0.2, 0.25) is 5.91 Å². The highest BCUT2D eigenvalue weighted by Gasteiger charge is 2.38. The summed E-state index contributed by atoms with van der Waals surface area (Å²) in [6, 6.07) is 2.12. The van der Waals surface area contributed by atoms with Crippen LogP contribution in [-0.2, 0) is 4.79 Å². The molecule has 1 aliphatic heterocycles. The molecular weight excluding hydrogens is 255 g/mol. The van der Waals surface area contributed by atoms with Gasteiger partial charge in [-0.2, -0.15) is 5.26 Å². The molecule has 0 bridgehead atoms. The molecule has 0 aliphatic carbocycles. The number of nitriles is 1. The van der Waals surface area contributed by atoms with E-state index in [-0.39, 0.29) is 12.3 Å². The van der Waals surface area contributed by atoms with Crippen LogP contribution in [0, 0.1) is 16.7 Å². The summed E-state index contributed by atoms with van der Waals surface area (Å²) in [7, 11) is 0. The molecular formula is C7H7IN2O. The van der Waals surface area contributed by atoms with E-state index in [1.807, 2.05) is 22.6 Å². The minimum absolute atomic E-state index is 0.0723. The van der Waals surface area contributed by atoms with E-state index in [2.05, 4.69) is 11.4 Å². The first-order valence-electron chi connectivity index (χ1n) is 3.14. The molecule has 1 atom stereocenters. The molecule has 0 radical (unpaired) electrons. The van der Waals surface area contributed by atoms with Gasteiger partial charge in [-0.15, -0.1) is 0 Å². The standard InChI is InChI=1S/C7H7IN2O/c1-7(4-9)2-6(11)10-5(7)3-8/h3H,2H2,1H3,(H,10,11)/b5-3-. The number of carbonyl (C=O) groups is 1. The topological polar surface area (TPSA) is 52.9 Å². The number of carbonyl (C=O) groups excluding carboxylic acids is 1. The summed E-state index contributed by atoms with van der Waals surface area (Å²) in [6.07, 6.45) is 0.276. The fourth-order valence-electron chi connectivity index (χ4n) is 0.996. The summed E-state index contributed by atoms with van der Waals surface area (Å²) < 4.78 is 1.74. The number of amides is 1. The molecule has 1 saturated heterocycles. The average molecular weight is 262 g/mol. The van der Waals surface area contributed by atoms with Gasteiger partial charge in [-0.25, -0.2) is 0 Å². The molecule has 0 aromatic heterocycles. The van der Waals surface area contributed by atoms with Crippen LogP contribution in [0.5, 0.6) is 0 Å². The van der Waals surface area contributed by atoms with Gasteiger partial charge in [-0.05, 0) is 11.0 Å². The molecule has 1 N–H and O–H groups in total. The zero-order valence-electron chi connectivity index (χ0n) is 6.02. The Hall–Kier alpha value is -0.570. The maximum atomic E-state index is 10.9. The highest BCUT2D eigenvalue weighted by atomic mass is 127. The van der Waals surface area contributed by atoms with Gasteiger partial charge in [0.1, 0.15) is 5.41 Å². The molecule has 11 heavy (non-hydrogen) atoms. The minimum Gasteiger partial charge on any atom is -0.328 e. The average Bonchev–Trinajstić information content (AvgIpc) is 2.27. The molecule has 1 heterocycles. The third-order valence-corrected chi connectivity index (χ3v) is 2.36. The van der Waals surface area contributed by atoms with E-state index in [1.165, 1.54) is 0 Å². The first kappa shape index (κ1) is 8.53. The van der Waals surface area contributed by atoms with Crippen LogP contribution < -0.4 is 5.32 Å². The van der Waals surface area contributed by atoms with E-state index < -0.39 is 5.41 Å². The monoisotopic (exact) mass is 262 g/mol. The van der Waals surface area contributed by atoms with Crippen LogP contribution >= 0.6 is 22.6 Å². The van der Waals surface area contributed by atoms with Crippen molar-refractivity contribution in [3.05, 3.63) is 9.78 Å². The van der Waals surface area contributed by atoms with Crippen molar-refractivity contribution in [2.45, 2.75) is 13.3 Å². The fourth-order valence-corrected chi connectivity index (χ4v) is 1.84. The molecule has 1 fully saturated rings. The predicted octanol–water partition coefficient (Wildman–Crippen LogP) is 1.31. The third-order valence-electron chi connectivity index (χ3n) is 1.74. The van der Waals surface area contributed by atoms with Crippen LogP contribution in [-0.4, -0.2) is 5.91 Å². The Morgan fingerprint density at radius 1 is 1.91 bits per heavy atom. The number of hydrogen-bond donors (Lipinski definition) is 1. The van der Waals surface area contributed by atoms with E-state index in [0.717, 1.165) is 0 Å². The quantitative estimate of drug-likeness (QED) is 0.669. The Morgan fingerprint density at radius 2 is 2.55 bits per heavy atom. The lowest BCUT2D eigenvalue weighted by Gasteiger charge is -2.11. The molecule has 0 spiro atoms. The second-order valence-electron chi connectivity index (χ2n) is 2.69. The number of nitrogens with one attached hydrogen (secondary N) is 1. The van der Waals surface area contributed by atoms with Crippen molar-refractivity contribution in [3.63, 3.8) is 0 Å². The number of rotatable bonds is 0. The van der Waals surface area contributed by atoms with Crippen molar-refractivity contribution in [1.82, 2.24) is 5.32 Å². The van der Waals surface area contributed by atoms with Crippen molar-refractivity contribution < 1.29 is 4.79 Å².